The molecule has 4 aromatic rings. The van der Waals surface area contributed by atoms with Crippen LogP contribution in [0.25, 0.3) is 15.6 Å². The Morgan fingerprint density at radius 2 is 2.00 bits per heavy atom. The van der Waals surface area contributed by atoms with Gasteiger partial charge < -0.3 is 19.5 Å². The Labute approximate surface area is 215 Å². The summed E-state index contributed by atoms with van der Waals surface area (Å²) in [6, 6.07) is 14.4. The molecular weight excluding hydrogens is 522 g/mol. The summed E-state index contributed by atoms with van der Waals surface area (Å²) in [5.74, 6) is 0.628. The van der Waals surface area contributed by atoms with E-state index in [1.54, 1.807) is 23.5 Å². The van der Waals surface area contributed by atoms with Crippen molar-refractivity contribution < 1.29 is 14.3 Å². The minimum atomic E-state index is -0.595. The highest BCUT2D eigenvalue weighted by Crippen LogP contribution is 2.40. The molecule has 0 unspecified atom stereocenters. The number of rotatable bonds is 0. The Kier molecular flexibility index (Phi) is 5.46. The van der Waals surface area contributed by atoms with Crippen molar-refractivity contribution in [2.75, 3.05) is 11.4 Å². The topological polar surface area (TPSA) is 80.8 Å². The number of hydrogen-bond acceptors (Lipinski definition) is 4. The lowest BCUT2D eigenvalue weighted by Gasteiger charge is -2.21. The zero-order valence-electron chi connectivity index (χ0n) is 19.1. The lowest BCUT2D eigenvalue weighted by molar-refractivity contribution is -0.126. The molecule has 2 aliphatic rings. The smallest absolute Gasteiger partial charge is 0.249 e. The number of imidazole rings is 1. The van der Waals surface area contributed by atoms with Gasteiger partial charge in [-0.1, -0.05) is 24.3 Å². The van der Waals surface area contributed by atoms with Gasteiger partial charge in [0.05, 0.1) is 25.0 Å². The van der Waals surface area contributed by atoms with Crippen LogP contribution in [-0.4, -0.2) is 34.0 Å². The van der Waals surface area contributed by atoms with Crippen LogP contribution >= 0.6 is 15.9 Å². The summed E-state index contributed by atoms with van der Waals surface area (Å²) in [6.07, 6.45) is 3.95. The molecule has 0 aliphatic carbocycles. The molecule has 1 fully saturated rings. The van der Waals surface area contributed by atoms with E-state index in [4.69, 9.17) is 11.3 Å². The molecule has 6 rings (SSSR count). The van der Waals surface area contributed by atoms with Crippen LogP contribution in [-0.2, 0) is 22.6 Å². The van der Waals surface area contributed by atoms with E-state index in [2.05, 4.69) is 31.1 Å². The Hall–Kier alpha value is -4.16. The average Bonchev–Trinajstić information content (AvgIpc) is 3.44. The van der Waals surface area contributed by atoms with Gasteiger partial charge in [-0.3, -0.25) is 9.59 Å². The SMILES string of the molecule is [C-]#[N+]c1ccc2cc1Oc1ccc3ccc(Br)c(c3c1)N1CC[C@@H](NC(=O)Cc3cncn3C2)C1=O. The van der Waals surface area contributed by atoms with Crippen LogP contribution in [0.5, 0.6) is 11.5 Å². The molecule has 1 aromatic heterocycles. The first-order valence-corrected chi connectivity index (χ1v) is 12.3. The maximum absolute atomic E-state index is 13.4. The van der Waals surface area contributed by atoms with Crippen molar-refractivity contribution in [2.45, 2.75) is 25.4 Å². The van der Waals surface area contributed by atoms with Gasteiger partial charge in [0.25, 0.3) is 0 Å². The van der Waals surface area contributed by atoms with E-state index in [-0.39, 0.29) is 18.2 Å². The molecule has 36 heavy (non-hydrogen) atoms. The van der Waals surface area contributed by atoms with Crippen LogP contribution in [0.4, 0.5) is 11.4 Å². The molecule has 1 saturated heterocycles. The second-order valence-electron chi connectivity index (χ2n) is 8.88. The van der Waals surface area contributed by atoms with Gasteiger partial charge in [0, 0.05) is 34.8 Å². The molecule has 0 radical (unpaired) electrons. The molecule has 8 nitrogen and oxygen atoms in total. The Morgan fingerprint density at radius 1 is 1.14 bits per heavy atom. The van der Waals surface area contributed by atoms with E-state index in [9.17, 15) is 9.59 Å². The maximum Gasteiger partial charge on any atom is 0.249 e. The van der Waals surface area contributed by atoms with Crippen molar-refractivity contribution in [2.24, 2.45) is 0 Å². The number of nitrogens with zero attached hydrogens (tertiary/aromatic N) is 4. The summed E-state index contributed by atoms with van der Waals surface area (Å²) in [5, 5.41) is 4.71. The zero-order chi connectivity index (χ0) is 24.8. The molecule has 1 atom stereocenters. The number of anilines is 1. The second kappa shape index (κ2) is 8.81. The van der Waals surface area contributed by atoms with Gasteiger partial charge in [-0.15, -0.1) is 0 Å². The number of carbonyl (C=O) groups excluding carboxylic acids is 2. The molecule has 6 bridgehead atoms. The summed E-state index contributed by atoms with van der Waals surface area (Å²) < 4.78 is 8.90. The van der Waals surface area contributed by atoms with Crippen LogP contribution in [0, 0.1) is 6.57 Å². The normalized spacial score (nSPS) is 17.3. The Morgan fingerprint density at radius 3 is 2.86 bits per heavy atom. The van der Waals surface area contributed by atoms with E-state index in [1.807, 2.05) is 47.0 Å². The first kappa shape index (κ1) is 22.3. The maximum atomic E-state index is 13.4. The molecule has 3 heterocycles. The van der Waals surface area contributed by atoms with Gasteiger partial charge in [0.15, 0.2) is 0 Å². The number of carbonyl (C=O) groups is 2. The van der Waals surface area contributed by atoms with Crippen LogP contribution in [0.15, 0.2) is 65.5 Å². The van der Waals surface area contributed by atoms with Gasteiger partial charge in [-0.05, 0) is 57.6 Å². The predicted octanol–water partition coefficient (Wildman–Crippen LogP) is 4.97. The summed E-state index contributed by atoms with van der Waals surface area (Å²) in [6.45, 7) is 8.54. The van der Waals surface area contributed by atoms with Gasteiger partial charge in [-0.25, -0.2) is 9.83 Å². The van der Waals surface area contributed by atoms with Gasteiger partial charge in [0.2, 0.25) is 17.5 Å². The summed E-state index contributed by atoms with van der Waals surface area (Å²) in [7, 11) is 0. The van der Waals surface area contributed by atoms with Crippen LogP contribution in [0.2, 0.25) is 0 Å². The predicted molar refractivity (Wildman–Crippen MR) is 138 cm³/mol. The number of fused-ring (bicyclic) bond motifs is 7. The molecule has 0 saturated carbocycles. The lowest BCUT2D eigenvalue weighted by atomic mass is 10.1. The highest BCUT2D eigenvalue weighted by molar-refractivity contribution is 9.10. The number of nitrogens with one attached hydrogen (secondary N) is 1. The monoisotopic (exact) mass is 541 g/mol. The number of benzene rings is 3. The van der Waals surface area contributed by atoms with Crippen molar-refractivity contribution in [3.05, 3.63) is 88.2 Å². The number of aromatic nitrogens is 2. The first-order valence-electron chi connectivity index (χ1n) is 11.5. The second-order valence-corrected chi connectivity index (χ2v) is 9.74. The van der Waals surface area contributed by atoms with Gasteiger partial charge in [0.1, 0.15) is 17.5 Å². The zero-order valence-corrected chi connectivity index (χ0v) is 20.7. The van der Waals surface area contributed by atoms with E-state index in [0.717, 1.165) is 32.2 Å². The summed E-state index contributed by atoms with van der Waals surface area (Å²) in [5.41, 5.74) is 2.77. The number of amides is 2. The third-order valence-corrected chi connectivity index (χ3v) is 7.23. The fraction of sp³-hybridized carbons (Fsp3) is 0.185. The molecule has 1 N–H and O–H groups in total. The van der Waals surface area contributed by atoms with Crippen molar-refractivity contribution in [3.63, 3.8) is 0 Å². The molecule has 0 spiro atoms. The third-order valence-electron chi connectivity index (χ3n) is 6.59. The van der Waals surface area contributed by atoms with Crippen molar-refractivity contribution in [1.82, 2.24) is 14.9 Å². The average molecular weight is 542 g/mol. The number of hydrogen-bond donors (Lipinski definition) is 1. The quantitative estimate of drug-likeness (QED) is 0.319. The standard InChI is InChI=1S/C27H20BrN5O3/c1-29-22-7-2-16-10-24(22)36-19-5-3-17-4-6-21(28)26(20(17)12-19)33-9-8-23(27(33)35)31-25(34)11-18-13-30-15-32(18)14-16/h2-7,10,12-13,15,23H,8-9,11,14H2,(H,31,34)/t23-/m1/s1. The minimum Gasteiger partial charge on any atom is -0.468 e. The van der Waals surface area contributed by atoms with E-state index in [1.165, 1.54) is 0 Å². The van der Waals surface area contributed by atoms with E-state index in [0.29, 0.717) is 36.7 Å². The summed E-state index contributed by atoms with van der Waals surface area (Å²) >= 11 is 3.62. The molecule has 9 heteroatoms. The molecule has 3 aromatic carbocycles. The highest BCUT2D eigenvalue weighted by atomic mass is 79.9. The fourth-order valence-electron chi connectivity index (χ4n) is 4.83. The van der Waals surface area contributed by atoms with Crippen molar-refractivity contribution in [1.29, 1.82) is 0 Å². The van der Waals surface area contributed by atoms with Crippen LogP contribution in [0.3, 0.4) is 0 Å². The third kappa shape index (κ3) is 3.89. The first-order chi connectivity index (χ1) is 17.5. The molecule has 2 amide bonds. The fourth-order valence-corrected chi connectivity index (χ4v) is 5.39. The molecular formula is C27H20BrN5O3. The largest absolute Gasteiger partial charge is 0.468 e. The summed E-state index contributed by atoms with van der Waals surface area (Å²) in [4.78, 5) is 35.9. The Balaban J connectivity index is 1.52. The number of ether oxygens (including phenoxy) is 1. The number of halogens is 1. The minimum absolute atomic E-state index is 0.104. The van der Waals surface area contributed by atoms with E-state index >= 15 is 0 Å². The van der Waals surface area contributed by atoms with Gasteiger partial charge in [-0.2, -0.15) is 0 Å². The van der Waals surface area contributed by atoms with Crippen LogP contribution < -0.4 is 15.0 Å². The lowest BCUT2D eigenvalue weighted by Crippen LogP contribution is -2.42. The highest BCUT2D eigenvalue weighted by Gasteiger charge is 2.35. The van der Waals surface area contributed by atoms with Crippen molar-refractivity contribution >= 4 is 49.9 Å². The van der Waals surface area contributed by atoms with Crippen molar-refractivity contribution in [3.8, 4) is 11.5 Å². The van der Waals surface area contributed by atoms with E-state index < -0.39 is 6.04 Å². The van der Waals surface area contributed by atoms with Gasteiger partial charge >= 0.3 is 0 Å². The molecule has 2 aliphatic heterocycles. The Bertz CT molecular complexity index is 1590. The molecule has 178 valence electrons. The van der Waals surface area contributed by atoms with Crippen LogP contribution in [0.1, 0.15) is 17.7 Å².